The maximum absolute atomic E-state index is 12.3. The fourth-order valence-corrected chi connectivity index (χ4v) is 2.38. The fraction of sp³-hybridized carbons (Fsp3) is 0.846. The molecule has 3 unspecified atom stereocenters. The average molecular weight is 238 g/mol. The van der Waals surface area contributed by atoms with Crippen LogP contribution in [0.2, 0.25) is 0 Å². The standard InChI is InChI=1S/C13H22N2O2/c1-8-5-9(8)6-15-7-10(16)14-11(12(15)17)13(2,3)4/h8-9,11H,5-7H2,1-4H3,(H,14,16). The van der Waals surface area contributed by atoms with Gasteiger partial charge in [0, 0.05) is 6.54 Å². The van der Waals surface area contributed by atoms with Crippen molar-refractivity contribution in [3.05, 3.63) is 0 Å². The number of nitrogens with zero attached hydrogens (tertiary/aromatic N) is 1. The normalized spacial score (nSPS) is 33.6. The van der Waals surface area contributed by atoms with Crippen LogP contribution in [0.3, 0.4) is 0 Å². The van der Waals surface area contributed by atoms with Crippen molar-refractivity contribution in [2.24, 2.45) is 17.3 Å². The second-order valence-corrected chi connectivity index (χ2v) is 6.56. The Labute approximate surface area is 103 Å². The minimum Gasteiger partial charge on any atom is -0.342 e. The molecule has 96 valence electrons. The Kier molecular flexibility index (Phi) is 2.92. The molecule has 1 heterocycles. The number of piperazine rings is 1. The third-order valence-corrected chi connectivity index (χ3v) is 3.80. The number of carbonyl (C=O) groups excluding carboxylic acids is 2. The molecular weight excluding hydrogens is 216 g/mol. The van der Waals surface area contributed by atoms with Crippen LogP contribution >= 0.6 is 0 Å². The van der Waals surface area contributed by atoms with Crippen molar-refractivity contribution in [2.45, 2.75) is 40.2 Å². The molecule has 0 aromatic rings. The number of rotatable bonds is 2. The quantitative estimate of drug-likeness (QED) is 0.780. The number of carbonyl (C=O) groups is 2. The summed E-state index contributed by atoms with van der Waals surface area (Å²) in [6.07, 6.45) is 1.19. The average Bonchev–Trinajstić information content (AvgIpc) is 2.86. The lowest BCUT2D eigenvalue weighted by Gasteiger charge is -2.39. The minimum absolute atomic E-state index is 0.0298. The zero-order valence-corrected chi connectivity index (χ0v) is 11.1. The molecule has 1 aliphatic heterocycles. The molecule has 0 aromatic carbocycles. The molecule has 17 heavy (non-hydrogen) atoms. The van der Waals surface area contributed by atoms with Crippen molar-refractivity contribution in [1.82, 2.24) is 10.2 Å². The predicted octanol–water partition coefficient (Wildman–Crippen LogP) is 1.02. The van der Waals surface area contributed by atoms with E-state index in [0.717, 1.165) is 6.54 Å². The van der Waals surface area contributed by atoms with Crippen molar-refractivity contribution in [3.63, 3.8) is 0 Å². The Bertz CT molecular complexity index is 346. The summed E-state index contributed by atoms with van der Waals surface area (Å²) < 4.78 is 0. The Morgan fingerprint density at radius 2 is 1.94 bits per heavy atom. The first-order chi connectivity index (χ1) is 7.79. The van der Waals surface area contributed by atoms with Gasteiger partial charge >= 0.3 is 0 Å². The lowest BCUT2D eigenvalue weighted by atomic mass is 9.84. The Hall–Kier alpha value is -1.06. The van der Waals surface area contributed by atoms with Crippen molar-refractivity contribution < 1.29 is 9.59 Å². The van der Waals surface area contributed by atoms with Gasteiger partial charge in [-0.05, 0) is 23.7 Å². The fourth-order valence-electron chi connectivity index (χ4n) is 2.38. The molecule has 1 aliphatic carbocycles. The van der Waals surface area contributed by atoms with Crippen LogP contribution in [0, 0.1) is 17.3 Å². The second kappa shape index (κ2) is 4.00. The van der Waals surface area contributed by atoms with E-state index in [9.17, 15) is 9.59 Å². The summed E-state index contributed by atoms with van der Waals surface area (Å²) >= 11 is 0. The summed E-state index contributed by atoms with van der Waals surface area (Å²) in [6, 6.07) is -0.377. The molecule has 4 heteroatoms. The molecule has 0 aromatic heterocycles. The largest absolute Gasteiger partial charge is 0.342 e. The second-order valence-electron chi connectivity index (χ2n) is 6.56. The molecule has 1 saturated carbocycles. The van der Waals surface area contributed by atoms with Crippen LogP contribution in [0.1, 0.15) is 34.1 Å². The van der Waals surface area contributed by atoms with Gasteiger partial charge in [0.15, 0.2) is 0 Å². The van der Waals surface area contributed by atoms with Crippen molar-refractivity contribution in [2.75, 3.05) is 13.1 Å². The maximum Gasteiger partial charge on any atom is 0.246 e. The zero-order chi connectivity index (χ0) is 12.8. The summed E-state index contributed by atoms with van der Waals surface area (Å²) in [7, 11) is 0. The third-order valence-electron chi connectivity index (χ3n) is 3.80. The monoisotopic (exact) mass is 238 g/mol. The van der Waals surface area contributed by atoms with Crippen molar-refractivity contribution in [3.8, 4) is 0 Å². The van der Waals surface area contributed by atoms with E-state index in [1.54, 1.807) is 4.90 Å². The van der Waals surface area contributed by atoms with Crippen LogP contribution < -0.4 is 5.32 Å². The van der Waals surface area contributed by atoms with Crippen LogP contribution in [-0.2, 0) is 9.59 Å². The molecule has 2 aliphatic rings. The van der Waals surface area contributed by atoms with E-state index in [-0.39, 0.29) is 29.8 Å². The lowest BCUT2D eigenvalue weighted by molar-refractivity contribution is -0.147. The molecule has 2 rings (SSSR count). The van der Waals surface area contributed by atoms with Crippen molar-refractivity contribution >= 4 is 11.8 Å². The number of amides is 2. The van der Waals surface area contributed by atoms with Crippen LogP contribution in [0.25, 0.3) is 0 Å². The SMILES string of the molecule is CC1CC1CN1CC(=O)NC(C(C)(C)C)C1=O. The number of hydrogen-bond acceptors (Lipinski definition) is 2. The van der Waals surface area contributed by atoms with Gasteiger partial charge in [-0.15, -0.1) is 0 Å². The zero-order valence-electron chi connectivity index (χ0n) is 11.1. The molecule has 1 N–H and O–H groups in total. The van der Waals surface area contributed by atoms with Crippen LogP contribution in [0.15, 0.2) is 0 Å². The summed E-state index contributed by atoms with van der Waals surface area (Å²) in [5, 5.41) is 2.81. The number of hydrogen-bond donors (Lipinski definition) is 1. The highest BCUT2D eigenvalue weighted by Crippen LogP contribution is 2.38. The van der Waals surface area contributed by atoms with Crippen LogP contribution in [0.5, 0.6) is 0 Å². The van der Waals surface area contributed by atoms with Gasteiger partial charge in [0.05, 0.1) is 6.54 Å². The molecule has 0 radical (unpaired) electrons. The molecular formula is C13H22N2O2. The van der Waals surface area contributed by atoms with Crippen LogP contribution in [0.4, 0.5) is 0 Å². The van der Waals surface area contributed by atoms with Gasteiger partial charge in [-0.2, -0.15) is 0 Å². The van der Waals surface area contributed by atoms with E-state index < -0.39 is 0 Å². The Morgan fingerprint density at radius 1 is 1.35 bits per heavy atom. The number of nitrogens with one attached hydrogen (secondary N) is 1. The Morgan fingerprint density at radius 3 is 2.41 bits per heavy atom. The molecule has 0 bridgehead atoms. The predicted molar refractivity (Wildman–Crippen MR) is 65.2 cm³/mol. The van der Waals surface area contributed by atoms with E-state index in [1.807, 2.05) is 20.8 Å². The first kappa shape index (κ1) is 12.4. The van der Waals surface area contributed by atoms with Gasteiger partial charge in [-0.1, -0.05) is 27.7 Å². The highest BCUT2D eigenvalue weighted by molar-refractivity contribution is 5.95. The van der Waals surface area contributed by atoms with Crippen LogP contribution in [-0.4, -0.2) is 35.8 Å². The minimum atomic E-state index is -0.377. The molecule has 4 nitrogen and oxygen atoms in total. The molecule has 2 fully saturated rings. The highest BCUT2D eigenvalue weighted by Gasteiger charge is 2.43. The highest BCUT2D eigenvalue weighted by atomic mass is 16.2. The first-order valence-electron chi connectivity index (χ1n) is 6.37. The van der Waals surface area contributed by atoms with Gasteiger partial charge in [0.1, 0.15) is 6.04 Å². The van der Waals surface area contributed by atoms with E-state index in [0.29, 0.717) is 11.8 Å². The summed E-state index contributed by atoms with van der Waals surface area (Å²) in [5.74, 6) is 1.36. The van der Waals surface area contributed by atoms with Gasteiger partial charge in [0.2, 0.25) is 11.8 Å². The smallest absolute Gasteiger partial charge is 0.246 e. The van der Waals surface area contributed by atoms with Gasteiger partial charge in [-0.3, -0.25) is 9.59 Å². The third kappa shape index (κ3) is 2.61. The molecule has 2 amide bonds. The topological polar surface area (TPSA) is 49.4 Å². The van der Waals surface area contributed by atoms with Gasteiger partial charge in [0.25, 0.3) is 0 Å². The van der Waals surface area contributed by atoms with Gasteiger partial charge in [-0.25, -0.2) is 0 Å². The van der Waals surface area contributed by atoms with E-state index in [1.165, 1.54) is 6.42 Å². The van der Waals surface area contributed by atoms with Crippen molar-refractivity contribution in [1.29, 1.82) is 0 Å². The van der Waals surface area contributed by atoms with E-state index >= 15 is 0 Å². The summed E-state index contributed by atoms with van der Waals surface area (Å²) in [4.78, 5) is 25.7. The summed E-state index contributed by atoms with van der Waals surface area (Å²) in [6.45, 7) is 9.13. The maximum atomic E-state index is 12.3. The van der Waals surface area contributed by atoms with E-state index in [4.69, 9.17) is 0 Å². The molecule has 3 atom stereocenters. The Balaban J connectivity index is 2.06. The van der Waals surface area contributed by atoms with Gasteiger partial charge < -0.3 is 10.2 Å². The molecule has 1 saturated heterocycles. The van der Waals surface area contributed by atoms with E-state index in [2.05, 4.69) is 12.2 Å². The molecule has 0 spiro atoms. The lowest BCUT2D eigenvalue weighted by Crippen LogP contribution is -2.62. The first-order valence-corrected chi connectivity index (χ1v) is 6.37. The summed E-state index contributed by atoms with van der Waals surface area (Å²) in [5.41, 5.74) is -0.222.